The Bertz CT molecular complexity index is 604. The molecular weight excluding hydrogens is 262 g/mol. The molecule has 0 unspecified atom stereocenters. The van der Waals surface area contributed by atoms with Crippen LogP contribution in [-0.4, -0.2) is 34.3 Å². The van der Waals surface area contributed by atoms with Gasteiger partial charge in [-0.15, -0.1) is 5.10 Å². The zero-order chi connectivity index (χ0) is 13.9. The van der Waals surface area contributed by atoms with Gasteiger partial charge in [-0.25, -0.2) is 0 Å². The number of aromatic amines is 1. The van der Waals surface area contributed by atoms with Gasteiger partial charge in [-0.1, -0.05) is 12.1 Å². The van der Waals surface area contributed by atoms with Crippen molar-refractivity contribution < 1.29 is 14.3 Å². The van der Waals surface area contributed by atoms with Crippen LogP contribution in [0.25, 0.3) is 0 Å². The fourth-order valence-electron chi connectivity index (χ4n) is 1.84. The van der Waals surface area contributed by atoms with E-state index in [1.165, 1.54) is 0 Å². The number of ether oxygens (including phenoxy) is 2. The van der Waals surface area contributed by atoms with Gasteiger partial charge in [0, 0.05) is 11.3 Å². The fourth-order valence-corrected chi connectivity index (χ4v) is 1.84. The van der Waals surface area contributed by atoms with Gasteiger partial charge in [-0.05, 0) is 12.1 Å². The summed E-state index contributed by atoms with van der Waals surface area (Å²) in [5.41, 5.74) is 6.88. The maximum atomic E-state index is 11.8. The number of hydrogen-bond donors (Lipinski definition) is 3. The number of carbonyl (C=O) groups is 1. The van der Waals surface area contributed by atoms with Gasteiger partial charge in [0.25, 0.3) is 5.91 Å². The molecule has 3 rings (SSSR count). The maximum Gasteiger partial charge on any atom is 0.293 e. The maximum absolute atomic E-state index is 11.8. The second-order valence-corrected chi connectivity index (χ2v) is 4.19. The van der Waals surface area contributed by atoms with Crippen LogP contribution < -0.4 is 11.1 Å². The molecular formula is C12H13N5O3. The van der Waals surface area contributed by atoms with E-state index in [0.29, 0.717) is 18.9 Å². The van der Waals surface area contributed by atoms with Gasteiger partial charge >= 0.3 is 0 Å². The predicted molar refractivity (Wildman–Crippen MR) is 69.8 cm³/mol. The van der Waals surface area contributed by atoms with E-state index in [-0.39, 0.29) is 18.1 Å². The minimum Gasteiger partial charge on any atom is -0.366 e. The van der Waals surface area contributed by atoms with Crippen molar-refractivity contribution in [2.45, 2.75) is 6.29 Å². The Morgan fingerprint density at radius 3 is 2.60 bits per heavy atom. The number of nitrogen functional groups attached to an aromatic ring is 1. The Morgan fingerprint density at radius 2 is 2.00 bits per heavy atom. The molecule has 0 radical (unpaired) electrons. The minimum atomic E-state index is -0.407. The highest BCUT2D eigenvalue weighted by atomic mass is 16.7. The first-order chi connectivity index (χ1) is 9.72. The Balaban J connectivity index is 1.67. The van der Waals surface area contributed by atoms with E-state index in [1.807, 2.05) is 12.1 Å². The summed E-state index contributed by atoms with van der Waals surface area (Å²) >= 11 is 0. The first-order valence-corrected chi connectivity index (χ1v) is 6.05. The van der Waals surface area contributed by atoms with E-state index in [9.17, 15) is 4.79 Å². The lowest BCUT2D eigenvalue weighted by atomic mass is 10.2. The van der Waals surface area contributed by atoms with Crippen molar-refractivity contribution in [2.24, 2.45) is 0 Å². The minimum absolute atomic E-state index is 0.0287. The van der Waals surface area contributed by atoms with Crippen LogP contribution in [0.3, 0.4) is 0 Å². The number of H-pyrrole nitrogens is 1. The molecule has 0 aliphatic carbocycles. The van der Waals surface area contributed by atoms with E-state index in [1.54, 1.807) is 12.1 Å². The average Bonchev–Trinajstić information content (AvgIpc) is 3.10. The lowest BCUT2D eigenvalue weighted by molar-refractivity contribution is -0.0441. The van der Waals surface area contributed by atoms with E-state index >= 15 is 0 Å². The summed E-state index contributed by atoms with van der Waals surface area (Å²) in [5.74, 6) is -0.314. The summed E-state index contributed by atoms with van der Waals surface area (Å²) in [7, 11) is 0. The first-order valence-electron chi connectivity index (χ1n) is 6.05. The number of nitrogens with two attached hydrogens (primary N) is 1. The van der Waals surface area contributed by atoms with Crippen LogP contribution in [0.2, 0.25) is 0 Å². The SMILES string of the molecule is Nc1n[nH]c(C(=O)Nc2ccc(C3OCCO3)cc2)n1. The number of benzene rings is 1. The largest absolute Gasteiger partial charge is 0.366 e. The molecule has 1 fully saturated rings. The number of amides is 1. The molecule has 1 saturated heterocycles. The number of carbonyl (C=O) groups excluding carboxylic acids is 1. The van der Waals surface area contributed by atoms with Crippen LogP contribution in [0.15, 0.2) is 24.3 Å². The van der Waals surface area contributed by atoms with E-state index in [2.05, 4.69) is 20.5 Å². The molecule has 1 aromatic carbocycles. The van der Waals surface area contributed by atoms with Crippen LogP contribution in [0.5, 0.6) is 0 Å². The van der Waals surface area contributed by atoms with Crippen LogP contribution in [-0.2, 0) is 9.47 Å². The molecule has 2 heterocycles. The van der Waals surface area contributed by atoms with Crippen molar-refractivity contribution >= 4 is 17.5 Å². The van der Waals surface area contributed by atoms with Crippen molar-refractivity contribution in [3.05, 3.63) is 35.7 Å². The topological polar surface area (TPSA) is 115 Å². The van der Waals surface area contributed by atoms with Crippen molar-refractivity contribution in [1.29, 1.82) is 0 Å². The highest BCUT2D eigenvalue weighted by molar-refractivity contribution is 6.01. The molecule has 8 nitrogen and oxygen atoms in total. The van der Waals surface area contributed by atoms with Crippen LogP contribution in [0, 0.1) is 0 Å². The molecule has 1 amide bonds. The average molecular weight is 275 g/mol. The number of anilines is 2. The molecule has 0 saturated carbocycles. The third-order valence-corrected chi connectivity index (χ3v) is 2.78. The molecule has 1 aliphatic rings. The highest BCUT2D eigenvalue weighted by Crippen LogP contribution is 2.24. The Labute approximate surface area is 114 Å². The number of hydrogen-bond acceptors (Lipinski definition) is 6. The summed E-state index contributed by atoms with van der Waals surface area (Å²) in [4.78, 5) is 15.6. The molecule has 0 atom stereocenters. The third-order valence-electron chi connectivity index (χ3n) is 2.78. The standard InChI is InChI=1S/C12H13N5O3/c13-12-15-9(16-17-12)10(18)14-8-3-1-7(2-4-8)11-19-5-6-20-11/h1-4,11H,5-6H2,(H,14,18)(H3,13,15,16,17). The monoisotopic (exact) mass is 275 g/mol. The Hall–Kier alpha value is -2.45. The van der Waals surface area contributed by atoms with Gasteiger partial charge in [0.1, 0.15) is 0 Å². The molecule has 4 N–H and O–H groups in total. The van der Waals surface area contributed by atoms with Gasteiger partial charge in [0.05, 0.1) is 13.2 Å². The van der Waals surface area contributed by atoms with Gasteiger partial charge in [-0.3, -0.25) is 9.89 Å². The van der Waals surface area contributed by atoms with Crippen LogP contribution in [0.1, 0.15) is 22.5 Å². The van der Waals surface area contributed by atoms with Crippen molar-refractivity contribution in [2.75, 3.05) is 24.3 Å². The third kappa shape index (κ3) is 2.60. The summed E-state index contributed by atoms with van der Waals surface area (Å²) < 4.78 is 10.8. The van der Waals surface area contributed by atoms with Gasteiger partial charge in [0.15, 0.2) is 6.29 Å². The quantitative estimate of drug-likeness (QED) is 0.759. The Kier molecular flexibility index (Phi) is 3.32. The molecule has 0 spiro atoms. The second kappa shape index (κ2) is 5.27. The number of aromatic nitrogens is 3. The van der Waals surface area contributed by atoms with Crippen LogP contribution in [0.4, 0.5) is 11.6 Å². The van der Waals surface area contributed by atoms with E-state index in [0.717, 1.165) is 5.56 Å². The van der Waals surface area contributed by atoms with Gasteiger partial charge in [0.2, 0.25) is 11.8 Å². The molecule has 20 heavy (non-hydrogen) atoms. The van der Waals surface area contributed by atoms with Crippen molar-refractivity contribution in [3.8, 4) is 0 Å². The zero-order valence-electron chi connectivity index (χ0n) is 10.5. The highest BCUT2D eigenvalue weighted by Gasteiger charge is 2.18. The molecule has 8 heteroatoms. The molecule has 2 aromatic rings. The lowest BCUT2D eigenvalue weighted by Gasteiger charge is -2.10. The van der Waals surface area contributed by atoms with E-state index < -0.39 is 5.91 Å². The first kappa shape index (κ1) is 12.6. The predicted octanol–water partition coefficient (Wildman–Crippen LogP) is 0.685. The molecule has 104 valence electrons. The van der Waals surface area contributed by atoms with Crippen LogP contribution >= 0.6 is 0 Å². The van der Waals surface area contributed by atoms with Crippen molar-refractivity contribution in [3.63, 3.8) is 0 Å². The number of nitrogens with zero attached hydrogens (tertiary/aromatic N) is 2. The summed E-state index contributed by atoms with van der Waals surface area (Å²) in [6, 6.07) is 7.19. The fraction of sp³-hybridized carbons (Fsp3) is 0.250. The smallest absolute Gasteiger partial charge is 0.293 e. The number of nitrogens with one attached hydrogen (secondary N) is 2. The van der Waals surface area contributed by atoms with Gasteiger partial charge in [-0.2, -0.15) is 4.98 Å². The lowest BCUT2D eigenvalue weighted by Crippen LogP contribution is -2.14. The number of rotatable bonds is 3. The summed E-state index contributed by atoms with van der Waals surface area (Å²) in [6.45, 7) is 1.19. The normalized spacial score (nSPS) is 15.4. The second-order valence-electron chi connectivity index (χ2n) is 4.19. The summed E-state index contributed by atoms with van der Waals surface area (Å²) in [5, 5.41) is 8.72. The Morgan fingerprint density at radius 1 is 1.30 bits per heavy atom. The zero-order valence-corrected chi connectivity index (χ0v) is 10.5. The molecule has 0 bridgehead atoms. The summed E-state index contributed by atoms with van der Waals surface area (Å²) in [6.07, 6.45) is -0.325. The van der Waals surface area contributed by atoms with Crippen molar-refractivity contribution in [1.82, 2.24) is 15.2 Å². The molecule has 1 aromatic heterocycles. The van der Waals surface area contributed by atoms with Gasteiger partial charge < -0.3 is 20.5 Å². The van der Waals surface area contributed by atoms with E-state index in [4.69, 9.17) is 15.2 Å². The molecule has 1 aliphatic heterocycles.